The second-order valence-electron chi connectivity index (χ2n) is 7.52. The number of benzene rings is 2. The second-order valence-corrected chi connectivity index (χ2v) is 7.96. The monoisotopic (exact) mass is 380 g/mol. The number of halogens is 1. The number of fused-ring (bicyclic) bond motifs is 3. The molecule has 1 aromatic heterocycles. The molecule has 0 N–H and O–H groups in total. The van der Waals surface area contributed by atoms with Crippen LogP contribution in [-0.4, -0.2) is 10.2 Å². The van der Waals surface area contributed by atoms with Crippen molar-refractivity contribution >= 4 is 11.6 Å². The summed E-state index contributed by atoms with van der Waals surface area (Å²) in [5.74, 6) is 3.55. The molecule has 0 radical (unpaired) electrons. The first-order valence-electron chi connectivity index (χ1n) is 9.49. The van der Waals surface area contributed by atoms with Gasteiger partial charge in [-0.05, 0) is 66.5 Å². The van der Waals surface area contributed by atoms with E-state index in [4.69, 9.17) is 20.8 Å². The van der Waals surface area contributed by atoms with Crippen LogP contribution in [0.4, 0.5) is 0 Å². The fraction of sp³-hybridized carbons (Fsp3) is 0.364. The van der Waals surface area contributed by atoms with Crippen LogP contribution in [0.25, 0.3) is 0 Å². The summed E-state index contributed by atoms with van der Waals surface area (Å²) in [4.78, 5) is 0. The highest BCUT2D eigenvalue weighted by Gasteiger charge is 2.59. The van der Waals surface area contributed by atoms with Gasteiger partial charge in [-0.25, -0.2) is 0 Å². The van der Waals surface area contributed by atoms with E-state index < -0.39 is 0 Å². The molecule has 1 saturated carbocycles. The lowest BCUT2D eigenvalue weighted by Crippen LogP contribution is -2.07. The third-order valence-corrected chi connectivity index (χ3v) is 6.07. The average Bonchev–Trinajstić information content (AvgIpc) is 3.03. The molecule has 27 heavy (non-hydrogen) atoms. The Kier molecular flexibility index (Phi) is 3.97. The zero-order valence-corrected chi connectivity index (χ0v) is 16.1. The molecular formula is C22H21ClN2O2. The van der Waals surface area contributed by atoms with Crippen LogP contribution in [0, 0.1) is 12.8 Å². The molecule has 138 valence electrons. The number of para-hydroxylation sites is 1. The molecule has 5 heteroatoms. The Morgan fingerprint density at radius 2 is 2.04 bits per heavy atom. The van der Waals surface area contributed by atoms with Crippen LogP contribution < -0.4 is 4.74 Å². The molecule has 2 aromatic carbocycles. The molecule has 2 aliphatic carbocycles. The average molecular weight is 381 g/mol. The Labute approximate surface area is 163 Å². The highest BCUT2D eigenvalue weighted by Crippen LogP contribution is 2.66. The highest BCUT2D eigenvalue weighted by molar-refractivity contribution is 6.30. The smallest absolute Gasteiger partial charge is 0.256 e. The number of rotatable bonds is 5. The molecule has 3 aromatic rings. The molecular weight excluding hydrogens is 360 g/mol. The fourth-order valence-electron chi connectivity index (χ4n) is 4.38. The van der Waals surface area contributed by atoms with E-state index in [1.54, 1.807) is 0 Å². The maximum absolute atomic E-state index is 6.15. The van der Waals surface area contributed by atoms with Gasteiger partial charge >= 0.3 is 0 Å². The van der Waals surface area contributed by atoms with Crippen molar-refractivity contribution < 1.29 is 9.15 Å². The lowest BCUT2D eigenvalue weighted by atomic mass is 10.0. The van der Waals surface area contributed by atoms with Crippen molar-refractivity contribution in [3.8, 4) is 5.75 Å². The minimum absolute atomic E-state index is 0.225. The molecule has 1 heterocycles. The zero-order chi connectivity index (χ0) is 18.5. The standard InChI is InChI=1S/C22H21ClN2O2/c1-3-17(26-18-7-5-4-6-12(18)2)21-24-25-22(27-21)20-16-11-13-10-14(23)8-9-15(13)19(16)20/h4-10,16-17,19-20H,3,11H2,1-2H3. The Morgan fingerprint density at radius 3 is 2.85 bits per heavy atom. The molecule has 0 spiro atoms. The van der Waals surface area contributed by atoms with Crippen LogP contribution in [0.1, 0.15) is 59.8 Å². The van der Waals surface area contributed by atoms with Crippen molar-refractivity contribution in [3.63, 3.8) is 0 Å². The minimum Gasteiger partial charge on any atom is -0.480 e. The molecule has 4 atom stereocenters. The fourth-order valence-corrected chi connectivity index (χ4v) is 4.58. The second kappa shape index (κ2) is 6.38. The molecule has 0 saturated heterocycles. The first-order valence-corrected chi connectivity index (χ1v) is 9.87. The Balaban J connectivity index is 1.35. The van der Waals surface area contributed by atoms with Crippen molar-refractivity contribution in [1.29, 1.82) is 0 Å². The summed E-state index contributed by atoms with van der Waals surface area (Å²) in [7, 11) is 0. The molecule has 0 bridgehead atoms. The van der Waals surface area contributed by atoms with E-state index in [1.165, 1.54) is 11.1 Å². The van der Waals surface area contributed by atoms with Crippen molar-refractivity contribution in [3.05, 3.63) is 76.0 Å². The van der Waals surface area contributed by atoms with E-state index in [2.05, 4.69) is 29.3 Å². The topological polar surface area (TPSA) is 48.2 Å². The number of hydrogen-bond acceptors (Lipinski definition) is 4. The van der Waals surface area contributed by atoms with Crippen molar-refractivity contribution in [2.24, 2.45) is 5.92 Å². The van der Waals surface area contributed by atoms with E-state index >= 15 is 0 Å². The van der Waals surface area contributed by atoms with Gasteiger partial charge in [0.1, 0.15) is 5.75 Å². The molecule has 2 aliphatic rings. The number of aromatic nitrogens is 2. The maximum atomic E-state index is 6.15. The summed E-state index contributed by atoms with van der Waals surface area (Å²) in [6.07, 6.45) is 1.59. The van der Waals surface area contributed by atoms with Crippen LogP contribution >= 0.6 is 11.6 Å². The van der Waals surface area contributed by atoms with Crippen molar-refractivity contribution in [1.82, 2.24) is 10.2 Å². The van der Waals surface area contributed by atoms with Gasteiger partial charge in [0, 0.05) is 10.9 Å². The zero-order valence-electron chi connectivity index (χ0n) is 15.4. The predicted octanol–water partition coefficient (Wildman–Crippen LogP) is 5.61. The lowest BCUT2D eigenvalue weighted by Gasteiger charge is -2.15. The van der Waals surface area contributed by atoms with E-state index in [1.807, 2.05) is 37.3 Å². The first-order chi connectivity index (χ1) is 13.2. The summed E-state index contributed by atoms with van der Waals surface area (Å²) < 4.78 is 12.2. The third-order valence-electron chi connectivity index (χ3n) is 5.84. The summed E-state index contributed by atoms with van der Waals surface area (Å²) in [6.45, 7) is 4.11. The first kappa shape index (κ1) is 16.8. The predicted molar refractivity (Wildman–Crippen MR) is 103 cm³/mol. The highest BCUT2D eigenvalue weighted by atomic mass is 35.5. The quantitative estimate of drug-likeness (QED) is 0.576. The number of ether oxygens (including phenoxy) is 1. The van der Waals surface area contributed by atoms with Crippen LogP contribution in [-0.2, 0) is 6.42 Å². The van der Waals surface area contributed by atoms with Crippen molar-refractivity contribution in [2.45, 2.75) is 44.6 Å². The molecule has 4 unspecified atom stereocenters. The number of aryl methyl sites for hydroxylation is 1. The maximum Gasteiger partial charge on any atom is 0.256 e. The molecule has 1 fully saturated rings. The summed E-state index contributed by atoms with van der Waals surface area (Å²) >= 11 is 6.12. The minimum atomic E-state index is -0.225. The van der Waals surface area contributed by atoms with Crippen LogP contribution in [0.3, 0.4) is 0 Å². The largest absolute Gasteiger partial charge is 0.480 e. The van der Waals surface area contributed by atoms with E-state index in [0.717, 1.165) is 35.1 Å². The summed E-state index contributed by atoms with van der Waals surface area (Å²) in [5.41, 5.74) is 3.85. The van der Waals surface area contributed by atoms with Gasteiger partial charge < -0.3 is 9.15 Å². The lowest BCUT2D eigenvalue weighted by molar-refractivity contribution is 0.162. The van der Waals surface area contributed by atoms with Gasteiger partial charge in [-0.15, -0.1) is 10.2 Å². The van der Waals surface area contributed by atoms with E-state index in [0.29, 0.717) is 23.6 Å². The SMILES string of the molecule is CCC(Oc1ccccc1C)c1nnc(C2C3Cc4cc(Cl)ccc4C32)o1. The van der Waals surface area contributed by atoms with Gasteiger partial charge in [0.15, 0.2) is 6.10 Å². The van der Waals surface area contributed by atoms with Gasteiger partial charge in [0.2, 0.25) is 5.89 Å². The van der Waals surface area contributed by atoms with Crippen LogP contribution in [0.2, 0.25) is 5.02 Å². The Hall–Kier alpha value is -2.33. The van der Waals surface area contributed by atoms with Crippen LogP contribution in [0.15, 0.2) is 46.9 Å². The summed E-state index contributed by atoms with van der Waals surface area (Å²) in [6, 6.07) is 14.2. The molecule has 0 amide bonds. The van der Waals surface area contributed by atoms with Gasteiger partial charge in [0.05, 0.1) is 0 Å². The Bertz CT molecular complexity index is 999. The van der Waals surface area contributed by atoms with Gasteiger partial charge in [-0.3, -0.25) is 0 Å². The van der Waals surface area contributed by atoms with Gasteiger partial charge in [-0.2, -0.15) is 0 Å². The van der Waals surface area contributed by atoms with Crippen molar-refractivity contribution in [2.75, 3.05) is 0 Å². The van der Waals surface area contributed by atoms with E-state index in [-0.39, 0.29) is 6.10 Å². The third kappa shape index (κ3) is 2.83. The van der Waals surface area contributed by atoms with Crippen LogP contribution in [0.5, 0.6) is 5.75 Å². The molecule has 4 nitrogen and oxygen atoms in total. The number of nitrogens with zero attached hydrogens (tertiary/aromatic N) is 2. The number of hydrogen-bond donors (Lipinski definition) is 0. The van der Waals surface area contributed by atoms with Gasteiger partial charge in [-0.1, -0.05) is 42.8 Å². The normalized spacial score (nSPS) is 23.6. The van der Waals surface area contributed by atoms with E-state index in [9.17, 15) is 0 Å². The molecule has 0 aliphatic heterocycles. The summed E-state index contributed by atoms with van der Waals surface area (Å²) in [5, 5.41) is 9.48. The Morgan fingerprint density at radius 1 is 1.19 bits per heavy atom. The molecule has 5 rings (SSSR count). The van der Waals surface area contributed by atoms with Gasteiger partial charge in [0.25, 0.3) is 5.89 Å².